The van der Waals surface area contributed by atoms with E-state index in [1.165, 1.54) is 77.9 Å². The van der Waals surface area contributed by atoms with Crippen LogP contribution in [0.3, 0.4) is 0 Å². The van der Waals surface area contributed by atoms with Crippen LogP contribution in [-0.2, 0) is 0 Å². The van der Waals surface area contributed by atoms with Crippen LogP contribution in [0.5, 0.6) is 0 Å². The Morgan fingerprint density at radius 1 is 1.00 bits per heavy atom. The van der Waals surface area contributed by atoms with Crippen LogP contribution in [0.15, 0.2) is 0 Å². The molecule has 0 aliphatic carbocycles. The Hall–Kier alpha value is -0.120. The van der Waals surface area contributed by atoms with Gasteiger partial charge in [0.1, 0.15) is 0 Å². The monoisotopic (exact) mass is 239 g/mol. The second kappa shape index (κ2) is 7.34. The first-order chi connectivity index (χ1) is 8.38. The maximum atomic E-state index is 3.32. The Morgan fingerprint density at radius 2 is 1.71 bits per heavy atom. The molecule has 2 heterocycles. The Morgan fingerprint density at radius 3 is 2.47 bits per heavy atom. The minimum absolute atomic E-state index is 0.889. The zero-order valence-electron chi connectivity index (χ0n) is 11.5. The van der Waals surface area contributed by atoms with Crippen molar-refractivity contribution in [3.05, 3.63) is 0 Å². The van der Waals surface area contributed by atoms with Crippen molar-refractivity contribution in [2.24, 2.45) is 5.92 Å². The quantitative estimate of drug-likeness (QED) is 0.756. The molecule has 17 heavy (non-hydrogen) atoms. The van der Waals surface area contributed by atoms with Crippen molar-refractivity contribution in [2.75, 3.05) is 52.9 Å². The van der Waals surface area contributed by atoms with Gasteiger partial charge in [0.2, 0.25) is 0 Å². The van der Waals surface area contributed by atoms with Gasteiger partial charge < -0.3 is 15.1 Å². The van der Waals surface area contributed by atoms with Crippen molar-refractivity contribution < 1.29 is 0 Å². The summed E-state index contributed by atoms with van der Waals surface area (Å²) in [6, 6.07) is 0. The van der Waals surface area contributed by atoms with Gasteiger partial charge in [-0.2, -0.15) is 0 Å². The molecule has 2 saturated heterocycles. The van der Waals surface area contributed by atoms with Crippen molar-refractivity contribution in [2.45, 2.75) is 32.1 Å². The van der Waals surface area contributed by atoms with Gasteiger partial charge in [0.15, 0.2) is 0 Å². The largest absolute Gasteiger partial charge is 0.319 e. The average Bonchev–Trinajstić information content (AvgIpc) is 2.83. The number of hydrogen-bond acceptors (Lipinski definition) is 3. The Labute approximate surface area is 107 Å². The molecule has 3 nitrogen and oxygen atoms in total. The average molecular weight is 239 g/mol. The second-order valence-corrected chi connectivity index (χ2v) is 5.77. The third kappa shape index (κ3) is 4.57. The Kier molecular flexibility index (Phi) is 5.75. The summed E-state index contributed by atoms with van der Waals surface area (Å²) in [7, 11) is 2.08. The predicted molar refractivity (Wildman–Crippen MR) is 73.4 cm³/mol. The Bertz CT molecular complexity index is 200. The molecule has 100 valence electrons. The summed E-state index contributed by atoms with van der Waals surface area (Å²) in [4.78, 5) is 5.32. The maximum Gasteiger partial charge on any atom is 0.00218 e. The summed E-state index contributed by atoms with van der Waals surface area (Å²) in [5.74, 6) is 0.889. The molecule has 2 aliphatic rings. The first kappa shape index (κ1) is 13.3. The predicted octanol–water partition coefficient (Wildman–Crippen LogP) is 1.40. The van der Waals surface area contributed by atoms with Crippen molar-refractivity contribution >= 4 is 0 Å². The fourth-order valence-electron chi connectivity index (χ4n) is 3.33. The molecule has 0 aromatic rings. The number of rotatable bonds is 6. The molecule has 2 fully saturated rings. The lowest BCUT2D eigenvalue weighted by Crippen LogP contribution is -2.40. The number of likely N-dealkylation sites (tertiary alicyclic amines) is 2. The van der Waals surface area contributed by atoms with Crippen LogP contribution < -0.4 is 5.32 Å². The van der Waals surface area contributed by atoms with Gasteiger partial charge in [-0.1, -0.05) is 0 Å². The van der Waals surface area contributed by atoms with E-state index in [2.05, 4.69) is 22.2 Å². The lowest BCUT2D eigenvalue weighted by Gasteiger charge is -2.33. The van der Waals surface area contributed by atoms with E-state index in [0.29, 0.717) is 0 Å². The fraction of sp³-hybridized carbons (Fsp3) is 1.00. The normalized spacial score (nSPS) is 27.7. The van der Waals surface area contributed by atoms with Gasteiger partial charge in [0, 0.05) is 6.54 Å². The van der Waals surface area contributed by atoms with Crippen LogP contribution in [0.4, 0.5) is 0 Å². The van der Waals surface area contributed by atoms with Crippen molar-refractivity contribution in [1.82, 2.24) is 15.1 Å². The van der Waals surface area contributed by atoms with Crippen molar-refractivity contribution in [1.29, 1.82) is 0 Å². The van der Waals surface area contributed by atoms with E-state index in [1.54, 1.807) is 0 Å². The first-order valence-corrected chi connectivity index (χ1v) is 7.48. The van der Waals surface area contributed by atoms with E-state index in [0.717, 1.165) is 5.92 Å². The third-order valence-corrected chi connectivity index (χ3v) is 4.24. The summed E-state index contributed by atoms with van der Waals surface area (Å²) in [5, 5.41) is 3.32. The first-order valence-electron chi connectivity index (χ1n) is 7.48. The van der Waals surface area contributed by atoms with Gasteiger partial charge in [0.05, 0.1) is 0 Å². The number of nitrogens with one attached hydrogen (secondary N) is 1. The van der Waals surface area contributed by atoms with Crippen LogP contribution in [0.2, 0.25) is 0 Å². The van der Waals surface area contributed by atoms with Gasteiger partial charge in [-0.15, -0.1) is 0 Å². The summed E-state index contributed by atoms with van der Waals surface area (Å²) < 4.78 is 0. The fourth-order valence-corrected chi connectivity index (χ4v) is 3.33. The Balaban J connectivity index is 1.58. The highest BCUT2D eigenvalue weighted by atomic mass is 15.2. The molecular formula is C14H29N3. The molecule has 0 aromatic carbocycles. The zero-order chi connectivity index (χ0) is 11.9. The minimum atomic E-state index is 0.889. The summed E-state index contributed by atoms with van der Waals surface area (Å²) in [5.41, 5.74) is 0. The van der Waals surface area contributed by atoms with Crippen LogP contribution in [0, 0.1) is 5.92 Å². The topological polar surface area (TPSA) is 18.5 Å². The molecule has 0 aromatic heterocycles. The summed E-state index contributed by atoms with van der Waals surface area (Å²) in [6.07, 6.45) is 7.04. The van der Waals surface area contributed by atoms with Crippen LogP contribution in [-0.4, -0.2) is 62.7 Å². The van der Waals surface area contributed by atoms with E-state index in [4.69, 9.17) is 0 Å². The van der Waals surface area contributed by atoms with Crippen molar-refractivity contribution in [3.63, 3.8) is 0 Å². The van der Waals surface area contributed by atoms with Gasteiger partial charge in [-0.25, -0.2) is 0 Å². The van der Waals surface area contributed by atoms with E-state index in [1.807, 2.05) is 0 Å². The van der Waals surface area contributed by atoms with Gasteiger partial charge in [-0.3, -0.25) is 0 Å². The molecule has 3 heteroatoms. The molecule has 0 bridgehead atoms. The molecule has 0 spiro atoms. The molecule has 0 radical (unpaired) electrons. The minimum Gasteiger partial charge on any atom is -0.319 e. The molecule has 1 atom stereocenters. The SMILES string of the molecule is CNCC1CCCN(CCCN2CCCC2)C1. The third-order valence-electron chi connectivity index (χ3n) is 4.24. The maximum absolute atomic E-state index is 3.32. The highest BCUT2D eigenvalue weighted by Crippen LogP contribution is 2.16. The summed E-state index contributed by atoms with van der Waals surface area (Å²) >= 11 is 0. The van der Waals surface area contributed by atoms with Gasteiger partial charge in [0.25, 0.3) is 0 Å². The smallest absolute Gasteiger partial charge is 0.00218 e. The molecule has 0 amide bonds. The van der Waals surface area contributed by atoms with E-state index in [-0.39, 0.29) is 0 Å². The van der Waals surface area contributed by atoms with E-state index < -0.39 is 0 Å². The van der Waals surface area contributed by atoms with Crippen molar-refractivity contribution in [3.8, 4) is 0 Å². The van der Waals surface area contributed by atoms with Gasteiger partial charge in [-0.05, 0) is 84.3 Å². The van der Waals surface area contributed by atoms with E-state index in [9.17, 15) is 0 Å². The molecule has 2 rings (SSSR count). The lowest BCUT2D eigenvalue weighted by atomic mass is 9.98. The highest BCUT2D eigenvalue weighted by Gasteiger charge is 2.19. The number of piperidine rings is 1. The molecular weight excluding hydrogens is 210 g/mol. The molecule has 2 aliphatic heterocycles. The van der Waals surface area contributed by atoms with Gasteiger partial charge >= 0.3 is 0 Å². The number of nitrogens with zero attached hydrogens (tertiary/aromatic N) is 2. The highest BCUT2D eigenvalue weighted by molar-refractivity contribution is 4.75. The zero-order valence-corrected chi connectivity index (χ0v) is 11.5. The molecule has 0 saturated carbocycles. The van der Waals surface area contributed by atoms with Crippen LogP contribution in [0.1, 0.15) is 32.1 Å². The molecule has 1 N–H and O–H groups in total. The molecule has 1 unspecified atom stereocenters. The lowest BCUT2D eigenvalue weighted by molar-refractivity contribution is 0.165. The second-order valence-electron chi connectivity index (χ2n) is 5.77. The number of hydrogen-bond donors (Lipinski definition) is 1. The standard InChI is InChI=1S/C14H29N3/c1-15-12-14-6-4-9-17(13-14)11-5-10-16-7-2-3-8-16/h14-15H,2-13H2,1H3. The summed E-state index contributed by atoms with van der Waals surface area (Å²) in [6.45, 7) is 9.19. The van der Waals surface area contributed by atoms with E-state index >= 15 is 0 Å². The van der Waals surface area contributed by atoms with Crippen LogP contribution >= 0.6 is 0 Å². The van der Waals surface area contributed by atoms with Crippen LogP contribution in [0.25, 0.3) is 0 Å².